The summed E-state index contributed by atoms with van der Waals surface area (Å²) in [5.41, 5.74) is 1.56. The van der Waals surface area contributed by atoms with Crippen molar-refractivity contribution in [1.82, 2.24) is 0 Å². The Bertz CT molecular complexity index is 896. The molecule has 0 unspecified atom stereocenters. The van der Waals surface area contributed by atoms with Crippen LogP contribution in [0, 0.1) is 0 Å². The van der Waals surface area contributed by atoms with Gasteiger partial charge in [0.1, 0.15) is 11.5 Å². The van der Waals surface area contributed by atoms with E-state index in [-0.39, 0.29) is 0 Å². The molecule has 122 valence electrons. The fraction of sp³-hybridized carbons (Fsp3) is 0.158. The Kier molecular flexibility index (Phi) is 4.40. The third kappa shape index (κ3) is 2.93. The van der Waals surface area contributed by atoms with Crippen LogP contribution in [0.4, 0.5) is 0 Å². The third-order valence-corrected chi connectivity index (χ3v) is 4.11. The van der Waals surface area contributed by atoms with Crippen LogP contribution in [0.25, 0.3) is 10.8 Å². The Hall–Kier alpha value is -2.59. The van der Waals surface area contributed by atoms with Crippen LogP contribution < -0.4 is 9.47 Å². The van der Waals surface area contributed by atoms with E-state index in [4.69, 9.17) is 21.1 Å². The summed E-state index contributed by atoms with van der Waals surface area (Å²) in [7, 11) is 0. The second kappa shape index (κ2) is 6.49. The highest BCUT2D eigenvalue weighted by molar-refractivity contribution is 6.30. The molecule has 2 aromatic rings. The molecule has 0 atom stereocenters. The molecule has 0 aromatic heterocycles. The standard InChI is InChI=1S/C19H15ClO4/c1-3-17(22)24-19-14-7-5-4-6-13(14)18(23-11(2)21)15-9-8-12(20)10-16(15)19/h3-8H,1,9-10H2,2H3. The van der Waals surface area contributed by atoms with Crippen molar-refractivity contribution < 1.29 is 19.1 Å². The van der Waals surface area contributed by atoms with E-state index >= 15 is 0 Å². The minimum Gasteiger partial charge on any atom is -0.426 e. The molecule has 1 aliphatic carbocycles. The fourth-order valence-electron chi connectivity index (χ4n) is 2.85. The molecule has 0 fully saturated rings. The van der Waals surface area contributed by atoms with Gasteiger partial charge in [-0.1, -0.05) is 48.5 Å². The van der Waals surface area contributed by atoms with Crippen molar-refractivity contribution in [2.45, 2.75) is 19.8 Å². The lowest BCUT2D eigenvalue weighted by Crippen LogP contribution is -2.13. The smallest absolute Gasteiger partial charge is 0.335 e. The maximum Gasteiger partial charge on any atom is 0.335 e. The van der Waals surface area contributed by atoms with Gasteiger partial charge in [0, 0.05) is 46.4 Å². The van der Waals surface area contributed by atoms with E-state index in [1.54, 1.807) is 0 Å². The molecule has 0 saturated carbocycles. The number of benzene rings is 2. The van der Waals surface area contributed by atoms with E-state index in [0.29, 0.717) is 40.1 Å². The monoisotopic (exact) mass is 342 g/mol. The molecular weight excluding hydrogens is 328 g/mol. The van der Waals surface area contributed by atoms with E-state index in [2.05, 4.69) is 6.58 Å². The second-order valence-electron chi connectivity index (χ2n) is 5.41. The quantitative estimate of drug-likeness (QED) is 0.479. The minimum absolute atomic E-state index is 0.404. The lowest BCUT2D eigenvalue weighted by atomic mass is 9.90. The van der Waals surface area contributed by atoms with Crippen LogP contribution in [0.1, 0.15) is 18.1 Å². The molecule has 0 N–H and O–H groups in total. The van der Waals surface area contributed by atoms with Gasteiger partial charge >= 0.3 is 11.9 Å². The molecule has 2 aromatic carbocycles. The highest BCUT2D eigenvalue weighted by atomic mass is 35.5. The summed E-state index contributed by atoms with van der Waals surface area (Å²) < 4.78 is 11.0. The fourth-order valence-corrected chi connectivity index (χ4v) is 3.06. The average Bonchev–Trinajstić information content (AvgIpc) is 2.57. The Morgan fingerprint density at radius 2 is 1.75 bits per heavy atom. The highest BCUT2D eigenvalue weighted by Crippen LogP contribution is 2.44. The van der Waals surface area contributed by atoms with Crippen molar-refractivity contribution in [1.29, 1.82) is 0 Å². The van der Waals surface area contributed by atoms with E-state index < -0.39 is 11.9 Å². The largest absolute Gasteiger partial charge is 0.426 e. The van der Waals surface area contributed by atoms with Crippen LogP contribution in [-0.2, 0) is 22.4 Å². The zero-order valence-corrected chi connectivity index (χ0v) is 13.9. The number of fused-ring (bicyclic) bond motifs is 2. The number of rotatable bonds is 3. The van der Waals surface area contributed by atoms with E-state index in [1.165, 1.54) is 6.92 Å². The van der Waals surface area contributed by atoms with Gasteiger partial charge in [0.2, 0.25) is 0 Å². The summed E-state index contributed by atoms with van der Waals surface area (Å²) >= 11 is 6.19. The predicted octanol–water partition coefficient (Wildman–Crippen LogP) is 4.08. The van der Waals surface area contributed by atoms with Gasteiger partial charge in [0.15, 0.2) is 0 Å². The first-order chi connectivity index (χ1) is 11.5. The van der Waals surface area contributed by atoms with Crippen LogP contribution in [0.5, 0.6) is 11.5 Å². The first kappa shape index (κ1) is 16.3. The van der Waals surface area contributed by atoms with Gasteiger partial charge in [-0.2, -0.15) is 0 Å². The predicted molar refractivity (Wildman–Crippen MR) is 92.4 cm³/mol. The molecule has 3 rings (SSSR count). The van der Waals surface area contributed by atoms with Gasteiger partial charge in [-0.25, -0.2) is 4.79 Å². The van der Waals surface area contributed by atoms with E-state index in [9.17, 15) is 9.59 Å². The summed E-state index contributed by atoms with van der Waals surface area (Å²) in [5.74, 6) is -0.0216. The summed E-state index contributed by atoms with van der Waals surface area (Å²) in [6.07, 6.45) is 3.89. The Morgan fingerprint density at radius 1 is 1.12 bits per heavy atom. The molecule has 5 heteroatoms. The van der Waals surface area contributed by atoms with Crippen LogP contribution >= 0.6 is 11.6 Å². The van der Waals surface area contributed by atoms with Gasteiger partial charge in [-0.3, -0.25) is 4.79 Å². The number of carbonyl (C=O) groups is 2. The molecule has 0 saturated heterocycles. The number of hydrogen-bond acceptors (Lipinski definition) is 4. The van der Waals surface area contributed by atoms with Crippen molar-refractivity contribution in [2.24, 2.45) is 0 Å². The third-order valence-electron chi connectivity index (χ3n) is 3.82. The van der Waals surface area contributed by atoms with Crippen LogP contribution in [0.2, 0.25) is 0 Å². The summed E-state index contributed by atoms with van der Waals surface area (Å²) in [6.45, 7) is 4.80. The molecule has 0 bridgehead atoms. The summed E-state index contributed by atoms with van der Waals surface area (Å²) in [5, 5.41) is 2.06. The topological polar surface area (TPSA) is 52.6 Å². The van der Waals surface area contributed by atoms with Crippen LogP contribution in [0.15, 0.2) is 48.0 Å². The normalized spacial score (nSPS) is 13.0. The van der Waals surface area contributed by atoms with Crippen molar-refractivity contribution in [2.75, 3.05) is 0 Å². The minimum atomic E-state index is -0.548. The SMILES string of the molecule is C=CC(=O)Oc1c2c(c(OC(C)=O)c3ccccc13)CC=C(Cl)C2. The molecule has 1 aliphatic rings. The first-order valence-electron chi connectivity index (χ1n) is 7.45. The number of halogens is 1. The molecule has 0 aliphatic heterocycles. The summed E-state index contributed by atoms with van der Waals surface area (Å²) in [4.78, 5) is 23.3. The van der Waals surface area contributed by atoms with Gasteiger partial charge in [0.25, 0.3) is 0 Å². The number of esters is 2. The molecule has 4 nitrogen and oxygen atoms in total. The lowest BCUT2D eigenvalue weighted by molar-refractivity contribution is -0.132. The molecular formula is C19H15ClO4. The van der Waals surface area contributed by atoms with Crippen molar-refractivity contribution in [3.8, 4) is 11.5 Å². The zero-order chi connectivity index (χ0) is 17.3. The summed E-state index contributed by atoms with van der Waals surface area (Å²) in [6, 6.07) is 7.32. The van der Waals surface area contributed by atoms with Gasteiger partial charge < -0.3 is 9.47 Å². The van der Waals surface area contributed by atoms with Gasteiger partial charge in [0.05, 0.1) is 0 Å². The number of ether oxygens (including phenoxy) is 2. The van der Waals surface area contributed by atoms with Crippen LogP contribution in [0.3, 0.4) is 0 Å². The lowest BCUT2D eigenvalue weighted by Gasteiger charge is -2.22. The second-order valence-corrected chi connectivity index (χ2v) is 5.90. The first-order valence-corrected chi connectivity index (χ1v) is 7.82. The number of carbonyl (C=O) groups excluding carboxylic acids is 2. The Labute approximate surface area is 144 Å². The number of hydrogen-bond donors (Lipinski definition) is 0. The highest BCUT2D eigenvalue weighted by Gasteiger charge is 2.25. The van der Waals surface area contributed by atoms with Crippen molar-refractivity contribution in [3.63, 3.8) is 0 Å². The molecule has 0 radical (unpaired) electrons. The maximum absolute atomic E-state index is 11.8. The molecule has 24 heavy (non-hydrogen) atoms. The maximum atomic E-state index is 11.8. The Balaban J connectivity index is 2.34. The number of allylic oxidation sites excluding steroid dienone is 2. The van der Waals surface area contributed by atoms with E-state index in [1.807, 2.05) is 30.3 Å². The van der Waals surface area contributed by atoms with Crippen molar-refractivity contribution in [3.05, 3.63) is 59.2 Å². The van der Waals surface area contributed by atoms with E-state index in [0.717, 1.165) is 17.2 Å². The average molecular weight is 343 g/mol. The van der Waals surface area contributed by atoms with Gasteiger partial charge in [-0.05, 0) is 6.42 Å². The zero-order valence-electron chi connectivity index (χ0n) is 13.1. The molecule has 0 amide bonds. The molecule has 0 spiro atoms. The van der Waals surface area contributed by atoms with Gasteiger partial charge in [-0.15, -0.1) is 0 Å². The molecule has 0 heterocycles. The van der Waals surface area contributed by atoms with Crippen LogP contribution in [-0.4, -0.2) is 11.9 Å². The Morgan fingerprint density at radius 3 is 2.33 bits per heavy atom. The van der Waals surface area contributed by atoms with Crippen molar-refractivity contribution >= 4 is 34.3 Å².